The molecule has 0 fully saturated rings. The van der Waals surface area contributed by atoms with Crippen molar-refractivity contribution in [3.05, 3.63) is 33.9 Å². The molecule has 0 saturated heterocycles. The summed E-state index contributed by atoms with van der Waals surface area (Å²) in [6.45, 7) is 1.75. The lowest BCUT2D eigenvalue weighted by molar-refractivity contribution is 0.318. The molecule has 7 nitrogen and oxygen atoms in total. The standard InChI is InChI=1S/C13H15BrN4O3/c1-7-11(12(15)17-19)13(18(2)16-7)21-10-5-4-8(20-3)6-9(10)14/h4-6,19H,1-3H3,(H2,15,17). The topological polar surface area (TPSA) is 94.9 Å². The van der Waals surface area contributed by atoms with Crippen molar-refractivity contribution in [2.45, 2.75) is 6.92 Å². The first-order valence-corrected chi connectivity index (χ1v) is 6.80. The highest BCUT2D eigenvalue weighted by atomic mass is 79.9. The van der Waals surface area contributed by atoms with E-state index in [1.807, 2.05) is 0 Å². The van der Waals surface area contributed by atoms with Gasteiger partial charge in [0.25, 0.3) is 0 Å². The fourth-order valence-corrected chi connectivity index (χ4v) is 2.33. The van der Waals surface area contributed by atoms with Gasteiger partial charge in [-0.2, -0.15) is 5.10 Å². The zero-order valence-electron chi connectivity index (χ0n) is 11.8. The molecular weight excluding hydrogens is 340 g/mol. The third kappa shape index (κ3) is 2.94. The van der Waals surface area contributed by atoms with Gasteiger partial charge in [0.1, 0.15) is 17.1 Å². The van der Waals surface area contributed by atoms with E-state index in [1.165, 1.54) is 4.68 Å². The second-order valence-electron chi connectivity index (χ2n) is 4.27. The molecule has 0 spiro atoms. The van der Waals surface area contributed by atoms with Crippen molar-refractivity contribution in [2.24, 2.45) is 17.9 Å². The molecule has 1 aromatic carbocycles. The summed E-state index contributed by atoms with van der Waals surface area (Å²) in [5.74, 6) is 1.59. The molecule has 112 valence electrons. The SMILES string of the molecule is COc1ccc(Oc2c(/C(N)=N/O)c(C)nn2C)c(Br)c1. The van der Waals surface area contributed by atoms with E-state index in [9.17, 15) is 0 Å². The molecule has 0 bridgehead atoms. The summed E-state index contributed by atoms with van der Waals surface area (Å²) in [6, 6.07) is 5.30. The summed E-state index contributed by atoms with van der Waals surface area (Å²) >= 11 is 3.41. The molecule has 8 heteroatoms. The molecule has 0 amide bonds. The van der Waals surface area contributed by atoms with Gasteiger partial charge in [-0.25, -0.2) is 4.68 Å². The minimum atomic E-state index is -0.0553. The van der Waals surface area contributed by atoms with Gasteiger partial charge >= 0.3 is 0 Å². The largest absolute Gasteiger partial charge is 0.497 e. The van der Waals surface area contributed by atoms with E-state index in [0.29, 0.717) is 33.1 Å². The van der Waals surface area contributed by atoms with Gasteiger partial charge in [-0.1, -0.05) is 5.16 Å². The van der Waals surface area contributed by atoms with Crippen LogP contribution in [-0.2, 0) is 7.05 Å². The summed E-state index contributed by atoms with van der Waals surface area (Å²) in [6.07, 6.45) is 0. The molecule has 2 aromatic rings. The number of hydrogen-bond acceptors (Lipinski definition) is 5. The molecule has 3 N–H and O–H groups in total. The first kappa shape index (κ1) is 15.2. The molecule has 0 aliphatic heterocycles. The number of nitrogens with two attached hydrogens (primary N) is 1. The van der Waals surface area contributed by atoms with Crippen LogP contribution in [0, 0.1) is 6.92 Å². The Bertz CT molecular complexity index is 697. The Hall–Kier alpha value is -2.22. The molecule has 0 aliphatic rings. The van der Waals surface area contributed by atoms with Crippen molar-refractivity contribution in [1.82, 2.24) is 9.78 Å². The van der Waals surface area contributed by atoms with Crippen LogP contribution in [0.4, 0.5) is 0 Å². The fourth-order valence-electron chi connectivity index (χ4n) is 1.89. The lowest BCUT2D eigenvalue weighted by Gasteiger charge is -2.10. The molecule has 0 saturated carbocycles. The molecule has 0 atom stereocenters. The Labute approximate surface area is 130 Å². The fraction of sp³-hybridized carbons (Fsp3) is 0.231. The van der Waals surface area contributed by atoms with E-state index in [-0.39, 0.29) is 5.84 Å². The third-order valence-corrected chi connectivity index (χ3v) is 3.50. The summed E-state index contributed by atoms with van der Waals surface area (Å²) in [5, 5.41) is 16.1. The first-order chi connectivity index (χ1) is 9.97. The normalized spacial score (nSPS) is 11.5. The van der Waals surface area contributed by atoms with Gasteiger partial charge in [-0.3, -0.25) is 0 Å². The van der Waals surface area contributed by atoms with E-state index in [0.717, 1.165) is 0 Å². The number of halogens is 1. The molecule has 1 aromatic heterocycles. The van der Waals surface area contributed by atoms with Crippen molar-refractivity contribution >= 4 is 21.8 Å². The summed E-state index contributed by atoms with van der Waals surface area (Å²) < 4.78 is 13.2. The van der Waals surface area contributed by atoms with E-state index in [4.69, 9.17) is 20.4 Å². The monoisotopic (exact) mass is 354 g/mol. The Morgan fingerprint density at radius 3 is 2.76 bits per heavy atom. The van der Waals surface area contributed by atoms with Crippen LogP contribution in [-0.4, -0.2) is 27.9 Å². The second-order valence-corrected chi connectivity index (χ2v) is 5.13. The maximum Gasteiger partial charge on any atom is 0.229 e. The average molecular weight is 355 g/mol. The summed E-state index contributed by atoms with van der Waals surface area (Å²) in [4.78, 5) is 0. The lowest BCUT2D eigenvalue weighted by atomic mass is 10.2. The zero-order valence-corrected chi connectivity index (χ0v) is 13.4. The van der Waals surface area contributed by atoms with Crippen LogP contribution < -0.4 is 15.2 Å². The highest BCUT2D eigenvalue weighted by Crippen LogP contribution is 2.34. The van der Waals surface area contributed by atoms with E-state index in [1.54, 1.807) is 39.3 Å². The molecular formula is C13H15BrN4O3. The quantitative estimate of drug-likeness (QED) is 0.380. The second kappa shape index (κ2) is 6.04. The maximum absolute atomic E-state index is 8.88. The van der Waals surface area contributed by atoms with Crippen molar-refractivity contribution in [2.75, 3.05) is 7.11 Å². The minimum absolute atomic E-state index is 0.0553. The van der Waals surface area contributed by atoms with Crippen molar-refractivity contribution < 1.29 is 14.7 Å². The van der Waals surface area contributed by atoms with Crippen LogP contribution in [0.5, 0.6) is 17.4 Å². The first-order valence-electron chi connectivity index (χ1n) is 6.00. The maximum atomic E-state index is 8.88. The predicted molar refractivity (Wildman–Crippen MR) is 81.2 cm³/mol. The van der Waals surface area contributed by atoms with Crippen LogP contribution in [0.25, 0.3) is 0 Å². The van der Waals surface area contributed by atoms with Crippen LogP contribution >= 0.6 is 15.9 Å². The van der Waals surface area contributed by atoms with Gasteiger partial charge in [-0.05, 0) is 41.1 Å². The number of benzene rings is 1. The van der Waals surface area contributed by atoms with Crippen molar-refractivity contribution in [1.29, 1.82) is 0 Å². The number of ether oxygens (including phenoxy) is 2. The van der Waals surface area contributed by atoms with E-state index in [2.05, 4.69) is 26.2 Å². The van der Waals surface area contributed by atoms with Gasteiger partial charge in [-0.15, -0.1) is 0 Å². The highest BCUT2D eigenvalue weighted by Gasteiger charge is 2.20. The van der Waals surface area contributed by atoms with E-state index < -0.39 is 0 Å². The Morgan fingerprint density at radius 2 is 2.19 bits per heavy atom. The van der Waals surface area contributed by atoms with Crippen LogP contribution in [0.2, 0.25) is 0 Å². The molecule has 1 heterocycles. The smallest absolute Gasteiger partial charge is 0.229 e. The number of methoxy groups -OCH3 is 1. The van der Waals surface area contributed by atoms with Gasteiger partial charge < -0.3 is 20.4 Å². The van der Waals surface area contributed by atoms with Gasteiger partial charge in [0.15, 0.2) is 5.84 Å². The van der Waals surface area contributed by atoms with Gasteiger partial charge in [0.2, 0.25) is 5.88 Å². The number of rotatable bonds is 4. The van der Waals surface area contributed by atoms with Crippen molar-refractivity contribution in [3.63, 3.8) is 0 Å². The number of nitrogens with zero attached hydrogens (tertiary/aromatic N) is 3. The van der Waals surface area contributed by atoms with Crippen LogP contribution in [0.1, 0.15) is 11.3 Å². The number of aryl methyl sites for hydroxylation is 2. The Balaban J connectivity index is 2.45. The summed E-state index contributed by atoms with van der Waals surface area (Å²) in [7, 11) is 3.30. The van der Waals surface area contributed by atoms with Crippen molar-refractivity contribution in [3.8, 4) is 17.4 Å². The Kier molecular flexibility index (Phi) is 4.37. The molecule has 0 unspecified atom stereocenters. The summed E-state index contributed by atoms with van der Waals surface area (Å²) in [5.41, 5.74) is 6.73. The van der Waals surface area contributed by atoms with Gasteiger partial charge in [0, 0.05) is 7.05 Å². The minimum Gasteiger partial charge on any atom is -0.497 e. The van der Waals surface area contributed by atoms with Crippen LogP contribution in [0.15, 0.2) is 27.8 Å². The highest BCUT2D eigenvalue weighted by molar-refractivity contribution is 9.10. The van der Waals surface area contributed by atoms with Gasteiger partial charge in [0.05, 0.1) is 17.3 Å². The number of amidine groups is 1. The average Bonchev–Trinajstić information content (AvgIpc) is 2.74. The zero-order chi connectivity index (χ0) is 15.6. The van der Waals surface area contributed by atoms with Crippen LogP contribution in [0.3, 0.4) is 0 Å². The molecule has 2 rings (SSSR count). The number of hydrogen-bond donors (Lipinski definition) is 2. The molecule has 0 aliphatic carbocycles. The number of oxime groups is 1. The van der Waals surface area contributed by atoms with E-state index >= 15 is 0 Å². The molecule has 0 radical (unpaired) electrons. The molecule has 21 heavy (non-hydrogen) atoms. The lowest BCUT2D eigenvalue weighted by Crippen LogP contribution is -2.15. The third-order valence-electron chi connectivity index (χ3n) is 2.88. The number of aromatic nitrogens is 2. The predicted octanol–water partition coefficient (Wildman–Crippen LogP) is 2.39. The Morgan fingerprint density at radius 1 is 1.48 bits per heavy atom.